The van der Waals surface area contributed by atoms with Gasteiger partial charge < -0.3 is 9.47 Å². The summed E-state index contributed by atoms with van der Waals surface area (Å²) >= 11 is 0. The van der Waals surface area contributed by atoms with Gasteiger partial charge in [0.2, 0.25) is 0 Å². The molecule has 0 aromatic heterocycles. The molecule has 1 aliphatic rings. The van der Waals surface area contributed by atoms with Crippen molar-refractivity contribution in [3.63, 3.8) is 0 Å². The van der Waals surface area contributed by atoms with Gasteiger partial charge in [-0.3, -0.25) is 4.90 Å². The molecule has 0 spiro atoms. The molecule has 0 saturated carbocycles. The van der Waals surface area contributed by atoms with E-state index in [1.165, 1.54) is 0 Å². The Kier molecular flexibility index (Phi) is 6.96. The molecule has 190 valence electrons. The summed E-state index contributed by atoms with van der Waals surface area (Å²) in [5.41, 5.74) is -4.58. The lowest BCUT2D eigenvalue weighted by atomic mass is 10.1. The number of nitrogens with zero attached hydrogens (tertiary/aromatic N) is 2. The zero-order chi connectivity index (χ0) is 26.2. The van der Waals surface area contributed by atoms with Gasteiger partial charge in [0.15, 0.2) is 5.75 Å². The number of alkyl halides is 6. The number of carbonyl (C=O) groups excluding carboxylic acids is 2. The molecular weight excluding hydrogens is 482 g/mol. The standard InChI is InChI=1S/C23H22F6N2O4/c1-21(2,3)35-20(33)31-10-9-30(19(31)32)17-12-15(22(24,25)26)11-16(23(27,28)29)18(17)34-13-14-7-5-4-6-8-14/h4-8,11-12H,9-10,13H2,1-3H3. The fourth-order valence-corrected chi connectivity index (χ4v) is 3.32. The van der Waals surface area contributed by atoms with Crippen molar-refractivity contribution in [2.75, 3.05) is 18.0 Å². The number of hydrogen-bond donors (Lipinski definition) is 0. The molecule has 0 aliphatic carbocycles. The Morgan fingerprint density at radius 2 is 1.57 bits per heavy atom. The summed E-state index contributed by atoms with van der Waals surface area (Å²) in [5, 5.41) is 0. The Labute approximate surface area is 197 Å². The highest BCUT2D eigenvalue weighted by molar-refractivity contribution is 6.04. The van der Waals surface area contributed by atoms with E-state index < -0.39 is 59.2 Å². The zero-order valence-electron chi connectivity index (χ0n) is 19.0. The third-order valence-electron chi connectivity index (χ3n) is 4.84. The van der Waals surface area contributed by atoms with Gasteiger partial charge in [0.1, 0.15) is 17.8 Å². The summed E-state index contributed by atoms with van der Waals surface area (Å²) in [6.07, 6.45) is -11.4. The van der Waals surface area contributed by atoms with Gasteiger partial charge in [-0.25, -0.2) is 14.5 Å². The normalized spacial score (nSPS) is 14.9. The summed E-state index contributed by atoms with van der Waals surface area (Å²) in [6, 6.07) is 7.23. The highest BCUT2D eigenvalue weighted by Crippen LogP contribution is 2.47. The van der Waals surface area contributed by atoms with Crippen LogP contribution in [0.25, 0.3) is 0 Å². The minimum Gasteiger partial charge on any atom is -0.486 e. The van der Waals surface area contributed by atoms with Crippen molar-refractivity contribution in [3.8, 4) is 5.75 Å². The molecule has 2 aromatic rings. The number of benzene rings is 2. The molecule has 3 rings (SSSR count). The predicted octanol–water partition coefficient (Wildman–Crippen LogP) is 6.48. The number of urea groups is 1. The number of anilines is 1. The molecule has 0 radical (unpaired) electrons. The maximum Gasteiger partial charge on any atom is 0.420 e. The van der Waals surface area contributed by atoms with E-state index >= 15 is 0 Å². The predicted molar refractivity (Wildman–Crippen MR) is 113 cm³/mol. The van der Waals surface area contributed by atoms with Crippen molar-refractivity contribution in [3.05, 3.63) is 59.2 Å². The van der Waals surface area contributed by atoms with E-state index in [1.807, 2.05) is 0 Å². The van der Waals surface area contributed by atoms with Crippen LogP contribution in [0, 0.1) is 0 Å². The van der Waals surface area contributed by atoms with Crippen LogP contribution in [-0.2, 0) is 23.7 Å². The first-order chi connectivity index (χ1) is 16.1. The Bertz CT molecular complexity index is 1090. The zero-order valence-corrected chi connectivity index (χ0v) is 19.0. The molecule has 0 atom stereocenters. The lowest BCUT2D eigenvalue weighted by Crippen LogP contribution is -2.40. The van der Waals surface area contributed by atoms with E-state index in [9.17, 15) is 35.9 Å². The van der Waals surface area contributed by atoms with Gasteiger partial charge in [0.05, 0.1) is 17.8 Å². The summed E-state index contributed by atoms with van der Waals surface area (Å²) < 4.78 is 92.6. The Morgan fingerprint density at radius 1 is 0.943 bits per heavy atom. The van der Waals surface area contributed by atoms with Gasteiger partial charge in [0.25, 0.3) is 0 Å². The second kappa shape index (κ2) is 9.31. The van der Waals surface area contributed by atoms with Crippen LogP contribution >= 0.6 is 0 Å². The topological polar surface area (TPSA) is 59.1 Å². The van der Waals surface area contributed by atoms with Crippen molar-refractivity contribution >= 4 is 17.8 Å². The molecule has 2 aromatic carbocycles. The second-order valence-electron chi connectivity index (χ2n) is 8.71. The molecule has 0 unspecified atom stereocenters. The maximum atomic E-state index is 13.9. The molecule has 1 saturated heterocycles. The van der Waals surface area contributed by atoms with Crippen LogP contribution in [0.15, 0.2) is 42.5 Å². The quantitative estimate of drug-likeness (QED) is 0.448. The summed E-state index contributed by atoms with van der Waals surface area (Å²) in [4.78, 5) is 26.5. The van der Waals surface area contributed by atoms with Crippen molar-refractivity contribution in [1.82, 2.24) is 4.90 Å². The van der Waals surface area contributed by atoms with Gasteiger partial charge >= 0.3 is 24.5 Å². The molecule has 12 heteroatoms. The van der Waals surface area contributed by atoms with E-state index in [0.29, 0.717) is 21.4 Å². The van der Waals surface area contributed by atoms with Gasteiger partial charge in [-0.1, -0.05) is 30.3 Å². The van der Waals surface area contributed by atoms with E-state index in [2.05, 4.69) is 0 Å². The molecule has 1 heterocycles. The van der Waals surface area contributed by atoms with Crippen molar-refractivity contribution in [2.24, 2.45) is 0 Å². The average molecular weight is 504 g/mol. The second-order valence-corrected chi connectivity index (χ2v) is 8.71. The van der Waals surface area contributed by atoms with Crippen molar-refractivity contribution < 1.29 is 45.4 Å². The first-order valence-electron chi connectivity index (χ1n) is 10.4. The van der Waals surface area contributed by atoms with Gasteiger partial charge in [-0.15, -0.1) is 0 Å². The fraction of sp³-hybridized carbons (Fsp3) is 0.391. The van der Waals surface area contributed by atoms with E-state index in [-0.39, 0.29) is 19.2 Å². The van der Waals surface area contributed by atoms with Crippen molar-refractivity contribution in [1.29, 1.82) is 0 Å². The number of carbonyl (C=O) groups is 2. The van der Waals surface area contributed by atoms with E-state index in [4.69, 9.17) is 9.47 Å². The summed E-state index contributed by atoms with van der Waals surface area (Å²) in [7, 11) is 0. The number of amides is 3. The number of rotatable bonds is 4. The Morgan fingerprint density at radius 3 is 2.11 bits per heavy atom. The van der Waals surface area contributed by atoms with Crippen LogP contribution < -0.4 is 9.64 Å². The van der Waals surface area contributed by atoms with Crippen LogP contribution in [0.1, 0.15) is 37.5 Å². The first kappa shape index (κ1) is 26.2. The molecule has 0 N–H and O–H groups in total. The molecule has 1 fully saturated rings. The van der Waals surface area contributed by atoms with Gasteiger partial charge in [-0.05, 0) is 38.5 Å². The van der Waals surface area contributed by atoms with Gasteiger partial charge in [0, 0.05) is 6.54 Å². The van der Waals surface area contributed by atoms with Crippen LogP contribution in [0.2, 0.25) is 0 Å². The number of ether oxygens (including phenoxy) is 2. The lowest BCUT2D eigenvalue weighted by molar-refractivity contribution is -0.143. The highest BCUT2D eigenvalue weighted by atomic mass is 19.4. The third kappa shape index (κ3) is 6.17. The first-order valence-corrected chi connectivity index (χ1v) is 10.4. The van der Waals surface area contributed by atoms with Crippen LogP contribution in [-0.4, -0.2) is 35.7 Å². The minimum atomic E-state index is -5.23. The Hall–Kier alpha value is -3.44. The maximum absolute atomic E-state index is 13.9. The van der Waals surface area contributed by atoms with Gasteiger partial charge in [-0.2, -0.15) is 26.3 Å². The fourth-order valence-electron chi connectivity index (χ4n) is 3.32. The van der Waals surface area contributed by atoms with E-state index in [0.717, 1.165) is 0 Å². The molecule has 0 bridgehead atoms. The van der Waals surface area contributed by atoms with Crippen LogP contribution in [0.3, 0.4) is 0 Å². The van der Waals surface area contributed by atoms with E-state index in [1.54, 1.807) is 51.1 Å². The van der Waals surface area contributed by atoms with Crippen molar-refractivity contribution in [2.45, 2.75) is 45.3 Å². The summed E-state index contributed by atoms with van der Waals surface area (Å²) in [6.45, 7) is 3.56. The smallest absolute Gasteiger partial charge is 0.420 e. The monoisotopic (exact) mass is 504 g/mol. The minimum absolute atomic E-state index is 0.0595. The van der Waals surface area contributed by atoms with Crippen LogP contribution in [0.4, 0.5) is 41.6 Å². The largest absolute Gasteiger partial charge is 0.486 e. The molecule has 3 amide bonds. The summed E-state index contributed by atoms with van der Waals surface area (Å²) in [5.74, 6) is -0.950. The van der Waals surface area contributed by atoms with Crippen LogP contribution in [0.5, 0.6) is 5.75 Å². The molecule has 1 aliphatic heterocycles. The molecule has 35 heavy (non-hydrogen) atoms. The Balaban J connectivity index is 2.09. The highest BCUT2D eigenvalue weighted by Gasteiger charge is 2.44. The molecule has 6 nitrogen and oxygen atoms in total. The third-order valence-corrected chi connectivity index (χ3v) is 4.84. The molecular formula is C23H22F6N2O4. The SMILES string of the molecule is CC(C)(C)OC(=O)N1CCN(c2cc(C(F)(F)F)cc(C(F)(F)F)c2OCc2ccccc2)C1=O. The average Bonchev–Trinajstić information content (AvgIpc) is 3.11. The number of imide groups is 1. The lowest BCUT2D eigenvalue weighted by Gasteiger charge is -2.26. The number of hydrogen-bond acceptors (Lipinski definition) is 4. The number of halogens is 6.